The molecule has 0 saturated carbocycles. The van der Waals surface area contributed by atoms with Crippen molar-refractivity contribution < 1.29 is 30.0 Å². The molecule has 0 rings (SSSR count). The van der Waals surface area contributed by atoms with E-state index in [0.29, 0.717) is 0 Å². The maximum absolute atomic E-state index is 9.70. The van der Waals surface area contributed by atoms with E-state index in [1.165, 1.54) is 0 Å². The van der Waals surface area contributed by atoms with Crippen LogP contribution in [0.15, 0.2) is 0 Å². The minimum atomic E-state index is -2.80. The summed E-state index contributed by atoms with van der Waals surface area (Å²) in [5.74, 6) is 0. The van der Waals surface area contributed by atoms with E-state index in [0.717, 1.165) is 15.8 Å². The van der Waals surface area contributed by atoms with E-state index in [9.17, 15) is 4.57 Å². The molecule has 0 bridgehead atoms. The number of hydrogen-bond acceptors (Lipinski definition) is 1. The van der Waals surface area contributed by atoms with Crippen LogP contribution < -0.4 is 0 Å². The third-order valence-corrected chi connectivity index (χ3v) is 0. The molecule has 0 heterocycles. The quantitative estimate of drug-likeness (QED) is 0.424. The summed E-state index contributed by atoms with van der Waals surface area (Å²) < 4.78 is 6.90. The van der Waals surface area contributed by atoms with Gasteiger partial charge in [-0.2, -0.15) is 0 Å². The van der Waals surface area contributed by atoms with Gasteiger partial charge >= 0.3 is 49.7 Å². The second kappa shape index (κ2) is 1.95. The van der Waals surface area contributed by atoms with Gasteiger partial charge in [0, 0.05) is 0 Å². The monoisotopic (exact) mass is 199 g/mol. The summed E-state index contributed by atoms with van der Waals surface area (Å²) in [5.41, 5.74) is 0. The summed E-state index contributed by atoms with van der Waals surface area (Å²) in [6.45, 7) is 0. The molecule has 5 heavy (non-hydrogen) atoms. The Hall–Kier alpha value is 1.46. The van der Waals surface area contributed by atoms with Gasteiger partial charge in [0.25, 0.3) is 0 Å². The van der Waals surface area contributed by atoms with E-state index in [2.05, 4.69) is 20.5 Å². The molecule has 0 spiro atoms. The Balaban J connectivity index is 3.47. The van der Waals surface area contributed by atoms with Crippen LogP contribution in [0.2, 0.25) is 0 Å². The van der Waals surface area contributed by atoms with Gasteiger partial charge in [0.1, 0.15) is 0 Å². The molecule has 1 N–H and O–H groups in total. The Labute approximate surface area is 49.7 Å². The fraction of sp³-hybridized carbons (Fsp3) is 0. The van der Waals surface area contributed by atoms with Crippen LogP contribution in [-0.2, 0) is 25.1 Å². The molecule has 0 saturated heterocycles. The Morgan fingerprint density at radius 3 is 2.00 bits per heavy atom. The van der Waals surface area contributed by atoms with Gasteiger partial charge < -0.3 is 0 Å². The van der Waals surface area contributed by atoms with Gasteiger partial charge in [0.15, 0.2) is 0 Å². The van der Waals surface area contributed by atoms with E-state index in [4.69, 9.17) is 4.89 Å². The average molecular weight is 200 g/mol. The Morgan fingerprint density at radius 2 is 2.00 bits per heavy atom. The SMILES string of the molecule is O=[P](O)([AlH])[Ag]. The van der Waals surface area contributed by atoms with Gasteiger partial charge in [-0.05, 0) is 0 Å². The van der Waals surface area contributed by atoms with Crippen LogP contribution in [0, 0.1) is 0 Å². The molecule has 0 aromatic carbocycles. The van der Waals surface area contributed by atoms with E-state index in [1.54, 1.807) is 0 Å². The van der Waals surface area contributed by atoms with E-state index in [1.807, 2.05) is 0 Å². The molecule has 0 aliphatic rings. The maximum atomic E-state index is 9.70. The zero-order chi connectivity index (χ0) is 4.50. The van der Waals surface area contributed by atoms with Gasteiger partial charge in [-0.1, -0.05) is 0 Å². The molecular formula is H2AgAlO2P. The van der Waals surface area contributed by atoms with Crippen LogP contribution in [-0.4, -0.2) is 20.7 Å². The van der Waals surface area contributed by atoms with Gasteiger partial charge in [-0.25, -0.2) is 0 Å². The van der Waals surface area contributed by atoms with Gasteiger partial charge in [-0.3, -0.25) is 0 Å². The number of rotatable bonds is 0. The fourth-order valence-corrected chi connectivity index (χ4v) is 0. The average Bonchev–Trinajstić information content (AvgIpc) is 0.722. The predicted octanol–water partition coefficient (Wildman–Crippen LogP) is -0.466. The van der Waals surface area contributed by atoms with Crippen molar-refractivity contribution >= 4 is 19.7 Å². The first-order valence-corrected chi connectivity index (χ1v) is 6.39. The molecule has 0 aromatic heterocycles. The Kier molecular flexibility index (Phi) is 2.52. The molecule has 0 aliphatic heterocycles. The topological polar surface area (TPSA) is 37.3 Å². The van der Waals surface area contributed by atoms with Gasteiger partial charge in [0.05, 0.1) is 0 Å². The van der Waals surface area contributed by atoms with Crippen molar-refractivity contribution in [1.29, 1.82) is 0 Å². The Bertz CT molecular complexity index is 55.8. The first-order valence-electron chi connectivity index (χ1n) is 0.834. The van der Waals surface area contributed by atoms with E-state index >= 15 is 0 Å². The van der Waals surface area contributed by atoms with Crippen molar-refractivity contribution in [3.8, 4) is 0 Å². The first-order chi connectivity index (χ1) is 2.00. The van der Waals surface area contributed by atoms with Crippen molar-refractivity contribution in [3.63, 3.8) is 0 Å². The van der Waals surface area contributed by atoms with E-state index in [-0.39, 0.29) is 0 Å². The third-order valence-electron chi connectivity index (χ3n) is 0. The van der Waals surface area contributed by atoms with Crippen molar-refractivity contribution in [2.75, 3.05) is 0 Å². The van der Waals surface area contributed by atoms with Crippen molar-refractivity contribution in [3.05, 3.63) is 0 Å². The molecule has 0 fully saturated rings. The van der Waals surface area contributed by atoms with Crippen molar-refractivity contribution in [2.45, 2.75) is 0 Å². The van der Waals surface area contributed by atoms with E-state index < -0.39 is 3.91 Å². The first kappa shape index (κ1) is 6.46. The van der Waals surface area contributed by atoms with Crippen molar-refractivity contribution in [2.24, 2.45) is 0 Å². The number of hydrogen-bond donors (Lipinski definition) is 1. The fourth-order valence-electron chi connectivity index (χ4n) is 0. The summed E-state index contributed by atoms with van der Waals surface area (Å²) in [6.07, 6.45) is 0. The second-order valence-corrected chi connectivity index (χ2v) is 9.80. The summed E-state index contributed by atoms with van der Waals surface area (Å²) >= 11 is 3.55. The predicted molar refractivity (Wildman–Crippen MR) is 17.0 cm³/mol. The third kappa shape index (κ3) is 30.6. The standard InChI is InChI=1S/Ag.Al.HO2P.H/c;;1-3-2;/h;;(H,1,2);. The zero-order valence-corrected chi connectivity index (χ0v) is 6.10. The van der Waals surface area contributed by atoms with Gasteiger partial charge in [-0.15, -0.1) is 0 Å². The Morgan fingerprint density at radius 1 is 2.00 bits per heavy atom. The summed E-state index contributed by atoms with van der Waals surface area (Å²) in [5, 5.41) is 0. The summed E-state index contributed by atoms with van der Waals surface area (Å²) in [7, 11) is 0. The van der Waals surface area contributed by atoms with Crippen LogP contribution in [0.25, 0.3) is 0 Å². The molecule has 0 aliphatic carbocycles. The van der Waals surface area contributed by atoms with Gasteiger partial charge in [0.2, 0.25) is 0 Å². The van der Waals surface area contributed by atoms with Crippen LogP contribution in [0.1, 0.15) is 0 Å². The normalized spacial score (nSPS) is 21.4. The molecule has 5 heteroatoms. The molecule has 0 aromatic rings. The van der Waals surface area contributed by atoms with Crippen LogP contribution in [0.5, 0.6) is 0 Å². The minimum absolute atomic E-state index is 1.04. The van der Waals surface area contributed by atoms with Crippen molar-refractivity contribution in [1.82, 2.24) is 0 Å². The molecular weight excluding hydrogens is 198 g/mol. The molecule has 1 radical (unpaired) electrons. The zero-order valence-electron chi connectivity index (χ0n) is 2.31. The van der Waals surface area contributed by atoms with Crippen LogP contribution in [0.4, 0.5) is 0 Å². The summed E-state index contributed by atoms with van der Waals surface area (Å²) in [6, 6.07) is 0. The molecule has 0 amide bonds. The summed E-state index contributed by atoms with van der Waals surface area (Å²) in [4.78, 5) is 8.00. The molecule has 1 atom stereocenters. The van der Waals surface area contributed by atoms with Crippen LogP contribution >= 0.6 is 3.91 Å². The molecule has 33 valence electrons. The second-order valence-electron chi connectivity index (χ2n) is 0.563. The molecule has 1 unspecified atom stereocenters. The van der Waals surface area contributed by atoms with Crippen LogP contribution in [0.3, 0.4) is 0 Å². The molecule has 2 nitrogen and oxygen atoms in total.